The molecule has 0 saturated heterocycles. The highest BCUT2D eigenvalue weighted by atomic mass is 16.5. The molecule has 6 N–H and O–H groups in total. The maximum atomic E-state index is 12.4. The third-order valence-corrected chi connectivity index (χ3v) is 11.5. The molecule has 2 heterocycles. The van der Waals surface area contributed by atoms with Crippen molar-refractivity contribution in [1.29, 1.82) is 0 Å². The second kappa shape index (κ2) is 12.9. The Morgan fingerprint density at radius 2 is 1.06 bits per heavy atom. The standard InChI is InChI=1S/C45H46N2O6/c1-21-18-26-14-16-29(42(48)38(26)24(4)46-21)32-20-33(44(50)40-28(32)10-8-12-34(40)52-6)37-23(3)36(30-11-9-13-35(53-7)41(30)45(37)51)31-17-15-27-19-22(2)47-25(5)39(27)43(31)49/h8-17,20-22,24-25,46-51H,18-19H2,1-7H3/t21-,22-,24-,25-/m1/s1. The number of phenols is 4. The van der Waals surface area contributed by atoms with Crippen molar-refractivity contribution in [3.05, 3.63) is 94.5 Å². The molecule has 272 valence electrons. The van der Waals surface area contributed by atoms with Gasteiger partial charge in [0.2, 0.25) is 0 Å². The van der Waals surface area contributed by atoms with Crippen LogP contribution in [0.4, 0.5) is 0 Å². The van der Waals surface area contributed by atoms with Crippen molar-refractivity contribution < 1.29 is 29.9 Å². The van der Waals surface area contributed by atoms with Gasteiger partial charge in [0, 0.05) is 57.5 Å². The molecule has 6 aromatic rings. The van der Waals surface area contributed by atoms with E-state index >= 15 is 0 Å². The second-order valence-corrected chi connectivity index (χ2v) is 14.9. The third kappa shape index (κ3) is 5.26. The third-order valence-electron chi connectivity index (χ3n) is 11.5. The van der Waals surface area contributed by atoms with Gasteiger partial charge in [-0.2, -0.15) is 0 Å². The number of methoxy groups -OCH3 is 2. The van der Waals surface area contributed by atoms with Crippen LogP contribution in [0.1, 0.15) is 67.6 Å². The van der Waals surface area contributed by atoms with Crippen molar-refractivity contribution in [2.45, 2.75) is 71.6 Å². The Morgan fingerprint density at radius 3 is 1.62 bits per heavy atom. The summed E-state index contributed by atoms with van der Waals surface area (Å²) in [6.45, 7) is 10.3. The van der Waals surface area contributed by atoms with E-state index in [9.17, 15) is 20.4 Å². The Hall–Kier alpha value is -5.44. The first-order valence-electron chi connectivity index (χ1n) is 18.3. The lowest BCUT2D eigenvalue weighted by molar-refractivity contribution is 0.410. The molecule has 0 fully saturated rings. The smallest absolute Gasteiger partial charge is 0.135 e. The number of rotatable bonds is 5. The molecule has 0 aromatic heterocycles. The number of fused-ring (bicyclic) bond motifs is 4. The Morgan fingerprint density at radius 1 is 0.547 bits per heavy atom. The fraction of sp³-hybridized carbons (Fsp3) is 0.289. The van der Waals surface area contributed by atoms with Crippen molar-refractivity contribution >= 4 is 21.5 Å². The van der Waals surface area contributed by atoms with Crippen LogP contribution in [0.2, 0.25) is 0 Å². The Balaban J connectivity index is 1.49. The van der Waals surface area contributed by atoms with Gasteiger partial charge in [-0.3, -0.25) is 0 Å². The van der Waals surface area contributed by atoms with E-state index < -0.39 is 0 Å². The second-order valence-electron chi connectivity index (χ2n) is 14.9. The van der Waals surface area contributed by atoms with Gasteiger partial charge in [-0.15, -0.1) is 0 Å². The van der Waals surface area contributed by atoms with E-state index in [4.69, 9.17) is 9.47 Å². The average Bonchev–Trinajstić information content (AvgIpc) is 3.12. The minimum absolute atomic E-state index is 0.0710. The quantitative estimate of drug-likeness (QED) is 0.105. The molecule has 0 saturated carbocycles. The van der Waals surface area contributed by atoms with Gasteiger partial charge in [0.1, 0.15) is 34.5 Å². The van der Waals surface area contributed by atoms with E-state index in [1.165, 1.54) is 0 Å². The summed E-state index contributed by atoms with van der Waals surface area (Å²) < 4.78 is 11.7. The molecule has 0 aliphatic carbocycles. The molecule has 0 radical (unpaired) electrons. The Bertz CT molecular complexity index is 2470. The zero-order valence-corrected chi connectivity index (χ0v) is 31.2. The molecule has 8 heteroatoms. The fourth-order valence-corrected chi connectivity index (χ4v) is 9.31. The molecule has 6 aromatic carbocycles. The lowest BCUT2D eigenvalue weighted by Crippen LogP contribution is -2.36. The Kier molecular flexibility index (Phi) is 8.43. The largest absolute Gasteiger partial charge is 0.507 e. The van der Waals surface area contributed by atoms with E-state index in [0.29, 0.717) is 72.0 Å². The monoisotopic (exact) mass is 710 g/mol. The van der Waals surface area contributed by atoms with Crippen molar-refractivity contribution in [3.8, 4) is 67.9 Å². The minimum atomic E-state index is -0.0809. The van der Waals surface area contributed by atoms with Crippen LogP contribution in [0, 0.1) is 6.92 Å². The number of hydrogen-bond acceptors (Lipinski definition) is 8. The van der Waals surface area contributed by atoms with E-state index in [-0.39, 0.29) is 47.2 Å². The summed E-state index contributed by atoms with van der Waals surface area (Å²) in [5.74, 6) is 1.10. The first-order valence-corrected chi connectivity index (χ1v) is 18.3. The van der Waals surface area contributed by atoms with Gasteiger partial charge in [0.05, 0.1) is 25.0 Å². The topological polar surface area (TPSA) is 123 Å². The molecule has 4 atom stereocenters. The molecule has 8 nitrogen and oxygen atoms in total. The summed E-state index contributed by atoms with van der Waals surface area (Å²) >= 11 is 0. The number of aromatic hydroxyl groups is 4. The molecule has 53 heavy (non-hydrogen) atoms. The van der Waals surface area contributed by atoms with Crippen LogP contribution >= 0.6 is 0 Å². The van der Waals surface area contributed by atoms with Gasteiger partial charge < -0.3 is 40.5 Å². The molecule has 2 aliphatic heterocycles. The number of phenolic OH excluding ortho intramolecular Hbond substituents is 4. The predicted octanol–water partition coefficient (Wildman–Crippen LogP) is 9.33. The van der Waals surface area contributed by atoms with Crippen LogP contribution in [0.5, 0.6) is 34.5 Å². The van der Waals surface area contributed by atoms with E-state index in [2.05, 4.69) is 50.5 Å². The lowest BCUT2D eigenvalue weighted by Gasteiger charge is -2.31. The molecule has 0 amide bonds. The predicted molar refractivity (Wildman–Crippen MR) is 212 cm³/mol. The fourth-order valence-electron chi connectivity index (χ4n) is 9.31. The van der Waals surface area contributed by atoms with Crippen LogP contribution in [0.25, 0.3) is 54.9 Å². The van der Waals surface area contributed by atoms with E-state index in [1.54, 1.807) is 26.4 Å². The summed E-state index contributed by atoms with van der Waals surface area (Å²) in [6, 6.07) is 21.4. The van der Waals surface area contributed by atoms with Crippen molar-refractivity contribution in [3.63, 3.8) is 0 Å². The number of ether oxygens (including phenoxy) is 2. The van der Waals surface area contributed by atoms with Gasteiger partial charge in [0.25, 0.3) is 0 Å². The van der Waals surface area contributed by atoms with Crippen LogP contribution in [-0.2, 0) is 12.8 Å². The molecular formula is C45H46N2O6. The maximum absolute atomic E-state index is 12.4. The first-order chi connectivity index (χ1) is 25.4. The highest BCUT2D eigenvalue weighted by molar-refractivity contribution is 6.14. The van der Waals surface area contributed by atoms with Crippen molar-refractivity contribution in [2.75, 3.05) is 14.2 Å². The molecule has 0 bridgehead atoms. The number of nitrogens with one attached hydrogen (secondary N) is 2. The molecule has 8 rings (SSSR count). The number of benzene rings is 6. The van der Waals surface area contributed by atoms with Gasteiger partial charge >= 0.3 is 0 Å². The average molecular weight is 711 g/mol. The van der Waals surface area contributed by atoms with E-state index in [0.717, 1.165) is 35.1 Å². The zero-order chi connectivity index (χ0) is 37.5. The maximum Gasteiger partial charge on any atom is 0.135 e. The summed E-state index contributed by atoms with van der Waals surface area (Å²) in [4.78, 5) is 0. The van der Waals surface area contributed by atoms with Crippen molar-refractivity contribution in [1.82, 2.24) is 10.6 Å². The molecule has 0 unspecified atom stereocenters. The van der Waals surface area contributed by atoms with Gasteiger partial charge in [-0.05, 0) is 104 Å². The molecule has 0 spiro atoms. The SMILES string of the molecule is COc1cccc2c(-c3ccc4c(c3O)[C@@H](C)N[C@H](C)C4)cc(-c3c(C)c(-c4ccc5c(c4O)[C@@H](C)N[C@H](C)C5)c4cccc(OC)c4c3O)c(O)c12. The van der Waals surface area contributed by atoms with Crippen LogP contribution in [-0.4, -0.2) is 46.7 Å². The Labute approximate surface area is 309 Å². The van der Waals surface area contributed by atoms with Crippen LogP contribution in [0.3, 0.4) is 0 Å². The van der Waals surface area contributed by atoms with Crippen molar-refractivity contribution in [2.24, 2.45) is 0 Å². The minimum Gasteiger partial charge on any atom is -0.507 e. The summed E-state index contributed by atoms with van der Waals surface area (Å²) in [5, 5.41) is 58.2. The molecular weight excluding hydrogens is 665 g/mol. The summed E-state index contributed by atoms with van der Waals surface area (Å²) in [6.07, 6.45) is 1.59. The van der Waals surface area contributed by atoms with E-state index in [1.807, 2.05) is 49.4 Å². The first kappa shape index (κ1) is 34.6. The van der Waals surface area contributed by atoms with Crippen LogP contribution < -0.4 is 20.1 Å². The van der Waals surface area contributed by atoms with Gasteiger partial charge in [-0.1, -0.05) is 48.5 Å². The van der Waals surface area contributed by atoms with Gasteiger partial charge in [0.15, 0.2) is 0 Å². The summed E-state index contributed by atoms with van der Waals surface area (Å²) in [7, 11) is 3.12. The highest BCUT2D eigenvalue weighted by Gasteiger charge is 2.31. The number of hydrogen-bond donors (Lipinski definition) is 6. The van der Waals surface area contributed by atoms with Crippen LogP contribution in [0.15, 0.2) is 66.7 Å². The highest BCUT2D eigenvalue weighted by Crippen LogP contribution is 2.55. The lowest BCUT2D eigenvalue weighted by atomic mass is 9.81. The summed E-state index contributed by atoms with van der Waals surface area (Å²) in [5.41, 5.74) is 7.87. The van der Waals surface area contributed by atoms with Gasteiger partial charge in [-0.25, -0.2) is 0 Å². The normalized spacial score (nSPS) is 19.6. The molecule has 2 aliphatic rings. The zero-order valence-electron chi connectivity index (χ0n) is 31.2.